The number of rotatable bonds is 5. The highest BCUT2D eigenvalue weighted by atomic mass is 16.6. The van der Waals surface area contributed by atoms with E-state index in [4.69, 9.17) is 10.5 Å². The molecule has 2 rings (SSSR count). The van der Waals surface area contributed by atoms with Crippen LogP contribution in [-0.4, -0.2) is 58.6 Å². The fraction of sp³-hybridized carbons (Fsp3) is 0.895. The summed E-state index contributed by atoms with van der Waals surface area (Å²) in [6.45, 7) is 10.9. The predicted octanol–water partition coefficient (Wildman–Crippen LogP) is 2.75. The molecule has 0 bridgehead atoms. The molecule has 144 valence electrons. The Bertz CT molecular complexity index is 483. The number of hydrogen-bond acceptors (Lipinski definition) is 4. The van der Waals surface area contributed by atoms with Gasteiger partial charge in [-0.3, -0.25) is 4.79 Å². The van der Waals surface area contributed by atoms with Crippen LogP contribution in [0.5, 0.6) is 0 Å². The van der Waals surface area contributed by atoms with Gasteiger partial charge in [0.25, 0.3) is 0 Å². The molecule has 2 amide bonds. The van der Waals surface area contributed by atoms with Crippen molar-refractivity contribution in [2.75, 3.05) is 13.1 Å². The van der Waals surface area contributed by atoms with Gasteiger partial charge >= 0.3 is 6.09 Å². The molecule has 1 saturated carbocycles. The predicted molar refractivity (Wildman–Crippen MR) is 98.1 cm³/mol. The van der Waals surface area contributed by atoms with Crippen molar-refractivity contribution in [1.29, 1.82) is 0 Å². The maximum atomic E-state index is 12.8. The topological polar surface area (TPSA) is 75.9 Å². The van der Waals surface area contributed by atoms with Gasteiger partial charge in [-0.2, -0.15) is 0 Å². The Hall–Kier alpha value is -1.30. The van der Waals surface area contributed by atoms with E-state index in [-0.39, 0.29) is 30.0 Å². The fourth-order valence-corrected chi connectivity index (χ4v) is 3.26. The summed E-state index contributed by atoms with van der Waals surface area (Å²) in [6, 6.07) is -0.178. The number of nitrogens with zero attached hydrogens (tertiary/aromatic N) is 2. The van der Waals surface area contributed by atoms with Gasteiger partial charge in [0.15, 0.2) is 0 Å². The Labute approximate surface area is 152 Å². The first kappa shape index (κ1) is 20.0. The maximum absolute atomic E-state index is 12.8. The molecule has 1 aliphatic heterocycles. The second kappa shape index (κ2) is 7.94. The van der Waals surface area contributed by atoms with Crippen molar-refractivity contribution < 1.29 is 14.3 Å². The van der Waals surface area contributed by atoms with E-state index in [0.29, 0.717) is 6.54 Å². The standard InChI is InChI=1S/C19H35N3O3/c1-13(2)16(20)17(23)21-11-7-6-8-15(21)12-22(14-9-10-14)18(24)25-19(3,4)5/h13-16H,6-12,20H2,1-5H3/t15-,16-/m0/s1. The van der Waals surface area contributed by atoms with E-state index in [1.165, 1.54) is 0 Å². The highest BCUT2D eigenvalue weighted by molar-refractivity contribution is 5.82. The van der Waals surface area contributed by atoms with Crippen LogP contribution in [0.3, 0.4) is 0 Å². The Balaban J connectivity index is 2.07. The SMILES string of the molecule is CC(C)[C@H](N)C(=O)N1CCCC[C@H]1CN(C(=O)OC(C)(C)C)C1CC1. The number of amides is 2. The Morgan fingerprint density at radius 1 is 1.20 bits per heavy atom. The van der Waals surface area contributed by atoms with E-state index in [0.717, 1.165) is 38.6 Å². The largest absolute Gasteiger partial charge is 0.444 e. The third-order valence-corrected chi connectivity index (χ3v) is 4.94. The van der Waals surface area contributed by atoms with Gasteiger partial charge in [-0.1, -0.05) is 13.8 Å². The minimum Gasteiger partial charge on any atom is -0.444 e. The third kappa shape index (κ3) is 5.59. The van der Waals surface area contributed by atoms with Gasteiger partial charge in [0.05, 0.1) is 6.04 Å². The molecule has 2 fully saturated rings. The first-order valence-electron chi connectivity index (χ1n) is 9.66. The highest BCUT2D eigenvalue weighted by Crippen LogP contribution is 2.30. The Morgan fingerprint density at radius 3 is 2.36 bits per heavy atom. The number of carbonyl (C=O) groups is 2. The van der Waals surface area contributed by atoms with E-state index < -0.39 is 11.6 Å². The summed E-state index contributed by atoms with van der Waals surface area (Å²) in [7, 11) is 0. The van der Waals surface area contributed by atoms with Gasteiger partial charge in [-0.05, 0) is 58.8 Å². The van der Waals surface area contributed by atoms with E-state index in [2.05, 4.69) is 0 Å². The van der Waals surface area contributed by atoms with E-state index in [9.17, 15) is 9.59 Å². The van der Waals surface area contributed by atoms with Gasteiger partial charge in [0.1, 0.15) is 5.60 Å². The lowest BCUT2D eigenvalue weighted by Crippen LogP contribution is -2.56. The molecule has 6 heteroatoms. The molecule has 0 radical (unpaired) electrons. The fourth-order valence-electron chi connectivity index (χ4n) is 3.26. The average Bonchev–Trinajstić information content (AvgIpc) is 3.34. The van der Waals surface area contributed by atoms with Crippen LogP contribution in [0.1, 0.15) is 66.7 Å². The molecule has 1 saturated heterocycles. The van der Waals surface area contributed by atoms with Crippen molar-refractivity contribution in [3.63, 3.8) is 0 Å². The zero-order valence-corrected chi connectivity index (χ0v) is 16.5. The van der Waals surface area contributed by atoms with Gasteiger partial charge in [-0.15, -0.1) is 0 Å². The lowest BCUT2D eigenvalue weighted by Gasteiger charge is -2.40. The molecule has 1 aliphatic carbocycles. The van der Waals surface area contributed by atoms with Crippen LogP contribution in [0.15, 0.2) is 0 Å². The number of hydrogen-bond donors (Lipinski definition) is 1. The zero-order valence-electron chi connectivity index (χ0n) is 16.5. The van der Waals surface area contributed by atoms with E-state index >= 15 is 0 Å². The maximum Gasteiger partial charge on any atom is 0.410 e. The molecule has 2 N–H and O–H groups in total. The van der Waals surface area contributed by atoms with Crippen molar-refractivity contribution in [3.8, 4) is 0 Å². The van der Waals surface area contributed by atoms with Crippen molar-refractivity contribution in [3.05, 3.63) is 0 Å². The summed E-state index contributed by atoms with van der Waals surface area (Å²) >= 11 is 0. The normalized spacial score (nSPS) is 22.7. The molecule has 0 unspecified atom stereocenters. The molecule has 2 aliphatic rings. The second-order valence-electron chi connectivity index (χ2n) is 8.81. The zero-order chi connectivity index (χ0) is 18.8. The molecular weight excluding hydrogens is 318 g/mol. The first-order chi connectivity index (χ1) is 11.6. The molecular formula is C19H35N3O3. The Kier molecular flexibility index (Phi) is 6.35. The number of ether oxygens (including phenoxy) is 1. The van der Waals surface area contributed by atoms with Crippen LogP contribution < -0.4 is 5.73 Å². The van der Waals surface area contributed by atoms with Gasteiger partial charge in [0, 0.05) is 25.2 Å². The Morgan fingerprint density at radius 2 is 1.84 bits per heavy atom. The van der Waals surface area contributed by atoms with Crippen molar-refractivity contribution in [2.45, 2.75) is 90.4 Å². The molecule has 2 atom stereocenters. The van der Waals surface area contributed by atoms with Gasteiger partial charge < -0.3 is 20.3 Å². The first-order valence-corrected chi connectivity index (χ1v) is 9.66. The number of piperidine rings is 1. The van der Waals surface area contributed by atoms with Crippen LogP contribution in [0.25, 0.3) is 0 Å². The average molecular weight is 354 g/mol. The molecule has 0 spiro atoms. The molecule has 1 heterocycles. The van der Waals surface area contributed by atoms with Crippen molar-refractivity contribution in [1.82, 2.24) is 9.80 Å². The van der Waals surface area contributed by atoms with Gasteiger partial charge in [-0.25, -0.2) is 4.79 Å². The highest BCUT2D eigenvalue weighted by Gasteiger charge is 2.39. The number of likely N-dealkylation sites (tertiary alicyclic amines) is 1. The summed E-state index contributed by atoms with van der Waals surface area (Å²) < 4.78 is 5.58. The summed E-state index contributed by atoms with van der Waals surface area (Å²) in [5.74, 6) is 0.125. The minimum absolute atomic E-state index is 0.0136. The molecule has 6 nitrogen and oxygen atoms in total. The molecule has 0 aromatic heterocycles. The molecule has 0 aromatic rings. The lowest BCUT2D eigenvalue weighted by molar-refractivity contribution is -0.137. The number of nitrogens with two attached hydrogens (primary N) is 1. The van der Waals surface area contributed by atoms with Crippen LogP contribution in [-0.2, 0) is 9.53 Å². The number of carbonyl (C=O) groups excluding carboxylic acids is 2. The molecule has 0 aromatic carbocycles. The smallest absolute Gasteiger partial charge is 0.410 e. The van der Waals surface area contributed by atoms with Gasteiger partial charge in [0.2, 0.25) is 5.91 Å². The van der Waals surface area contributed by atoms with Crippen molar-refractivity contribution >= 4 is 12.0 Å². The van der Waals surface area contributed by atoms with E-state index in [1.54, 1.807) is 0 Å². The third-order valence-electron chi connectivity index (χ3n) is 4.94. The quantitative estimate of drug-likeness (QED) is 0.824. The van der Waals surface area contributed by atoms with Crippen LogP contribution in [0, 0.1) is 5.92 Å². The monoisotopic (exact) mass is 353 g/mol. The van der Waals surface area contributed by atoms with Crippen molar-refractivity contribution in [2.24, 2.45) is 11.7 Å². The minimum atomic E-state index is -0.508. The summed E-state index contributed by atoms with van der Waals surface area (Å²) in [5.41, 5.74) is 5.59. The van der Waals surface area contributed by atoms with Crippen LogP contribution in [0.2, 0.25) is 0 Å². The summed E-state index contributed by atoms with van der Waals surface area (Å²) in [6.07, 6.45) is 4.78. The second-order valence-corrected chi connectivity index (χ2v) is 8.81. The van der Waals surface area contributed by atoms with E-state index in [1.807, 2.05) is 44.4 Å². The van der Waals surface area contributed by atoms with Crippen LogP contribution >= 0.6 is 0 Å². The lowest BCUT2D eigenvalue weighted by atomic mass is 9.97. The summed E-state index contributed by atoms with van der Waals surface area (Å²) in [4.78, 5) is 29.1. The van der Waals surface area contributed by atoms with Crippen LogP contribution in [0.4, 0.5) is 4.79 Å². The summed E-state index contributed by atoms with van der Waals surface area (Å²) in [5, 5.41) is 0. The molecule has 25 heavy (non-hydrogen) atoms.